The molecule has 0 bridgehead atoms. The fraction of sp³-hybridized carbons (Fsp3) is 0.250. The van der Waals surface area contributed by atoms with Crippen molar-refractivity contribution >= 4 is 23.5 Å². The lowest BCUT2D eigenvalue weighted by molar-refractivity contribution is 0.142. The molecule has 0 atom stereocenters. The fourth-order valence-electron chi connectivity index (χ4n) is 0.744. The molecule has 3 N–H and O–H groups in total. The standard InChI is InChI=1S/C8H11ClN4O/c1-2-13-14-4-3-6-7(9)8(10)12-5-11-6/h3-5,13H,2H2,1H3,(H2,10,11,12)/b4-3+. The number of rotatable bonds is 4. The molecule has 0 fully saturated rings. The highest BCUT2D eigenvalue weighted by atomic mass is 35.5. The predicted molar refractivity (Wildman–Crippen MR) is 55.3 cm³/mol. The minimum Gasteiger partial charge on any atom is -0.416 e. The van der Waals surface area contributed by atoms with Gasteiger partial charge in [-0.05, 0) is 6.92 Å². The van der Waals surface area contributed by atoms with Gasteiger partial charge in [-0.2, -0.15) is 5.48 Å². The number of nitrogens with zero attached hydrogens (tertiary/aromatic N) is 2. The number of hydrogen-bond donors (Lipinski definition) is 2. The van der Waals surface area contributed by atoms with E-state index in [0.717, 1.165) is 0 Å². The first kappa shape index (κ1) is 10.7. The maximum Gasteiger partial charge on any atom is 0.146 e. The van der Waals surface area contributed by atoms with Crippen LogP contribution in [-0.2, 0) is 4.84 Å². The maximum absolute atomic E-state index is 5.83. The van der Waals surface area contributed by atoms with Gasteiger partial charge in [0.25, 0.3) is 0 Å². The lowest BCUT2D eigenvalue weighted by Gasteiger charge is -2.00. The van der Waals surface area contributed by atoms with Crippen molar-refractivity contribution in [3.63, 3.8) is 0 Å². The first-order chi connectivity index (χ1) is 6.75. The molecule has 1 aromatic heterocycles. The summed E-state index contributed by atoms with van der Waals surface area (Å²) in [5.74, 6) is 0.254. The van der Waals surface area contributed by atoms with E-state index in [9.17, 15) is 0 Å². The van der Waals surface area contributed by atoms with Crippen LogP contribution in [-0.4, -0.2) is 16.5 Å². The van der Waals surface area contributed by atoms with E-state index in [1.165, 1.54) is 12.6 Å². The van der Waals surface area contributed by atoms with Crippen LogP contribution in [0.25, 0.3) is 6.08 Å². The molecule has 14 heavy (non-hydrogen) atoms. The Balaban J connectivity index is 2.67. The minimum atomic E-state index is 0.254. The molecule has 0 aliphatic heterocycles. The molecule has 1 aromatic rings. The largest absolute Gasteiger partial charge is 0.416 e. The van der Waals surface area contributed by atoms with Gasteiger partial charge in [0.2, 0.25) is 0 Å². The zero-order valence-corrected chi connectivity index (χ0v) is 8.45. The number of aromatic nitrogens is 2. The lowest BCUT2D eigenvalue weighted by Crippen LogP contribution is -2.08. The molecule has 0 radical (unpaired) electrons. The third kappa shape index (κ3) is 2.86. The predicted octanol–water partition coefficient (Wildman–Crippen LogP) is 1.22. The van der Waals surface area contributed by atoms with Crippen molar-refractivity contribution in [3.05, 3.63) is 23.3 Å². The van der Waals surface area contributed by atoms with Crippen molar-refractivity contribution in [1.29, 1.82) is 0 Å². The smallest absolute Gasteiger partial charge is 0.146 e. The van der Waals surface area contributed by atoms with Gasteiger partial charge in [-0.25, -0.2) is 9.97 Å². The average molecular weight is 215 g/mol. The number of nitrogen functional groups attached to an aromatic ring is 1. The number of hydroxylamine groups is 1. The Morgan fingerprint density at radius 2 is 2.43 bits per heavy atom. The maximum atomic E-state index is 5.83. The molecule has 5 nitrogen and oxygen atoms in total. The molecule has 0 amide bonds. The van der Waals surface area contributed by atoms with E-state index >= 15 is 0 Å². The van der Waals surface area contributed by atoms with Crippen LogP contribution in [0.3, 0.4) is 0 Å². The second-order valence-electron chi connectivity index (χ2n) is 2.38. The monoisotopic (exact) mass is 214 g/mol. The van der Waals surface area contributed by atoms with Gasteiger partial charge in [0.15, 0.2) is 0 Å². The van der Waals surface area contributed by atoms with Gasteiger partial charge in [0.05, 0.1) is 5.69 Å². The Kier molecular flexibility index (Phi) is 4.15. The summed E-state index contributed by atoms with van der Waals surface area (Å²) in [6.07, 6.45) is 4.38. The van der Waals surface area contributed by atoms with Gasteiger partial charge in [0, 0.05) is 12.6 Å². The second-order valence-corrected chi connectivity index (χ2v) is 2.75. The molecule has 0 aliphatic carbocycles. The lowest BCUT2D eigenvalue weighted by atomic mass is 10.4. The van der Waals surface area contributed by atoms with E-state index in [1.807, 2.05) is 6.92 Å². The summed E-state index contributed by atoms with van der Waals surface area (Å²) < 4.78 is 0. The van der Waals surface area contributed by atoms with E-state index in [0.29, 0.717) is 17.3 Å². The summed E-state index contributed by atoms with van der Waals surface area (Å²) in [7, 11) is 0. The van der Waals surface area contributed by atoms with Gasteiger partial charge in [-0.3, -0.25) is 0 Å². The molecule has 0 spiro atoms. The molecular weight excluding hydrogens is 204 g/mol. The van der Waals surface area contributed by atoms with Gasteiger partial charge in [-0.15, -0.1) is 0 Å². The highest BCUT2D eigenvalue weighted by Crippen LogP contribution is 2.19. The van der Waals surface area contributed by atoms with Gasteiger partial charge in [-0.1, -0.05) is 11.6 Å². The summed E-state index contributed by atoms with van der Waals surface area (Å²) in [5.41, 5.74) is 8.65. The van der Waals surface area contributed by atoms with Crippen molar-refractivity contribution in [2.24, 2.45) is 0 Å². The van der Waals surface area contributed by atoms with Crippen LogP contribution in [0.2, 0.25) is 5.02 Å². The second kappa shape index (κ2) is 5.41. The molecule has 0 aromatic carbocycles. The minimum absolute atomic E-state index is 0.254. The first-order valence-corrected chi connectivity index (χ1v) is 4.44. The molecule has 1 rings (SSSR count). The zero-order valence-electron chi connectivity index (χ0n) is 7.70. The highest BCUT2D eigenvalue weighted by Gasteiger charge is 2.02. The Morgan fingerprint density at radius 3 is 3.14 bits per heavy atom. The van der Waals surface area contributed by atoms with Crippen LogP contribution in [0, 0.1) is 0 Å². The Bertz CT molecular complexity index is 329. The Hall–Kier alpha value is -1.33. The molecular formula is C8H11ClN4O. The summed E-state index contributed by atoms with van der Waals surface area (Å²) in [6, 6.07) is 0. The van der Waals surface area contributed by atoms with Crippen LogP contribution in [0.15, 0.2) is 12.6 Å². The summed E-state index contributed by atoms with van der Waals surface area (Å²) in [6.45, 7) is 2.63. The third-order valence-electron chi connectivity index (χ3n) is 1.37. The van der Waals surface area contributed by atoms with Crippen LogP contribution in [0.4, 0.5) is 5.82 Å². The average Bonchev–Trinajstić information content (AvgIpc) is 2.19. The van der Waals surface area contributed by atoms with E-state index in [4.69, 9.17) is 22.2 Å². The van der Waals surface area contributed by atoms with E-state index in [-0.39, 0.29) is 5.82 Å². The molecule has 0 saturated heterocycles. The van der Waals surface area contributed by atoms with Crippen LogP contribution >= 0.6 is 11.6 Å². The van der Waals surface area contributed by atoms with Gasteiger partial charge < -0.3 is 10.6 Å². The summed E-state index contributed by atoms with van der Waals surface area (Å²) in [4.78, 5) is 12.5. The van der Waals surface area contributed by atoms with Crippen molar-refractivity contribution < 1.29 is 4.84 Å². The normalized spacial score (nSPS) is 10.7. The summed E-state index contributed by atoms with van der Waals surface area (Å²) in [5, 5.41) is 0.323. The van der Waals surface area contributed by atoms with Crippen molar-refractivity contribution in [2.45, 2.75) is 6.92 Å². The van der Waals surface area contributed by atoms with Crippen LogP contribution in [0.5, 0.6) is 0 Å². The Morgan fingerprint density at radius 1 is 1.64 bits per heavy atom. The summed E-state index contributed by atoms with van der Waals surface area (Å²) >= 11 is 5.83. The highest BCUT2D eigenvalue weighted by molar-refractivity contribution is 6.33. The van der Waals surface area contributed by atoms with Crippen molar-refractivity contribution in [1.82, 2.24) is 15.4 Å². The number of nitrogens with one attached hydrogen (secondary N) is 1. The molecule has 0 aliphatic rings. The third-order valence-corrected chi connectivity index (χ3v) is 1.75. The molecule has 1 heterocycles. The van der Waals surface area contributed by atoms with Crippen molar-refractivity contribution in [3.8, 4) is 0 Å². The number of anilines is 1. The first-order valence-electron chi connectivity index (χ1n) is 4.06. The fourth-order valence-corrected chi connectivity index (χ4v) is 0.905. The number of hydrogen-bond acceptors (Lipinski definition) is 5. The molecule has 76 valence electrons. The molecule has 0 saturated carbocycles. The van der Waals surface area contributed by atoms with Gasteiger partial charge in [0.1, 0.15) is 23.4 Å². The molecule has 0 unspecified atom stereocenters. The van der Waals surface area contributed by atoms with Gasteiger partial charge >= 0.3 is 0 Å². The Labute approximate surface area is 86.9 Å². The zero-order chi connectivity index (χ0) is 10.4. The van der Waals surface area contributed by atoms with Crippen LogP contribution in [0.1, 0.15) is 12.6 Å². The quantitative estimate of drug-likeness (QED) is 0.448. The van der Waals surface area contributed by atoms with Crippen LogP contribution < -0.4 is 11.2 Å². The van der Waals surface area contributed by atoms with E-state index in [2.05, 4.69) is 15.4 Å². The van der Waals surface area contributed by atoms with Crippen molar-refractivity contribution in [2.75, 3.05) is 12.3 Å². The topological polar surface area (TPSA) is 73.1 Å². The number of nitrogens with two attached hydrogens (primary N) is 1. The van der Waals surface area contributed by atoms with E-state index < -0.39 is 0 Å². The van der Waals surface area contributed by atoms with E-state index in [1.54, 1.807) is 6.08 Å². The SMILES string of the molecule is CCNO/C=C/c1ncnc(N)c1Cl. The number of halogens is 1. The molecule has 6 heteroatoms.